The Morgan fingerprint density at radius 3 is 2.11 bits per heavy atom. The van der Waals surface area contributed by atoms with Gasteiger partial charge in [0.25, 0.3) is 0 Å². The lowest BCUT2D eigenvalue weighted by atomic mass is 9.85. The van der Waals surface area contributed by atoms with Crippen LogP contribution in [0, 0.1) is 29.6 Å². The molecular formula is C51H71N7O7Si. The summed E-state index contributed by atoms with van der Waals surface area (Å²) in [4.78, 5) is 69.8. The number of imide groups is 1. The first kappa shape index (κ1) is 48.9. The van der Waals surface area contributed by atoms with Crippen LogP contribution in [0.5, 0.6) is 0 Å². The number of carbonyl (C=O) groups excluding carboxylic acids is 5. The molecule has 66 heavy (non-hydrogen) atoms. The highest BCUT2D eigenvalue weighted by Crippen LogP contribution is 2.59. The number of carbonyl (C=O) groups is 5. The number of aromatic nitrogens is 3. The van der Waals surface area contributed by atoms with Crippen LogP contribution in [0.4, 0.5) is 5.69 Å². The number of amides is 5. The van der Waals surface area contributed by atoms with Crippen molar-refractivity contribution < 1.29 is 33.4 Å². The summed E-state index contributed by atoms with van der Waals surface area (Å²) in [6.45, 7) is 19.1. The summed E-state index contributed by atoms with van der Waals surface area (Å²) >= 11 is 0. The van der Waals surface area contributed by atoms with Gasteiger partial charge in [0.2, 0.25) is 29.5 Å². The van der Waals surface area contributed by atoms with E-state index in [9.17, 15) is 24.0 Å². The lowest BCUT2D eigenvalue weighted by molar-refractivity contribution is -0.141. The first-order valence-electron chi connectivity index (χ1n) is 24.2. The SMILES string of the molecule is COCCn1nnc2c1-c1ccccc1CN(C(=O)CCNC(=O)CCOCCNC(=O)CCN1C(=O)C3C4C=CC(C4CCC[Si](C(C)C)(C(C)C)C(C)(C)C)C3C1=O)c1ccccc1-2. The molecule has 1 aromatic heterocycles. The predicted molar refractivity (Wildman–Crippen MR) is 258 cm³/mol. The minimum absolute atomic E-state index is 0.0290. The van der Waals surface area contributed by atoms with Crippen molar-refractivity contribution in [3.05, 3.63) is 66.2 Å². The number of para-hydroxylation sites is 1. The highest BCUT2D eigenvalue weighted by molar-refractivity contribution is 6.84. The van der Waals surface area contributed by atoms with E-state index in [0.29, 0.717) is 47.4 Å². The van der Waals surface area contributed by atoms with Gasteiger partial charge in [-0.05, 0) is 40.8 Å². The number of likely N-dealkylation sites (tertiary alicyclic amines) is 1. The summed E-state index contributed by atoms with van der Waals surface area (Å²) in [5.74, 6) is -0.989. The third-order valence-corrected chi connectivity index (χ3v) is 23.4. The van der Waals surface area contributed by atoms with Crippen LogP contribution in [0.1, 0.15) is 86.1 Å². The molecule has 1 saturated carbocycles. The number of ether oxygens (including phenoxy) is 2. The standard InChI is InChI=1S/C51H71N7O7Si/c1-33(2)66(34(3)4,51(5,6)7)31-13-17-37-38-19-20-39(37)46-45(38)49(62)56(50(46)63)26-22-42(59)53-25-29-65-28-23-43(60)52-24-21-44(61)57-32-35-14-9-10-15-36(35)48-47(40-16-11-12-18-41(40)57)54-55-58(48)27-30-64-8/h9-12,14-16,18-20,33-34,37-39,45-46H,13,17,21-32H2,1-8H3,(H,52,60)(H,53,59). The van der Waals surface area contributed by atoms with Gasteiger partial charge in [-0.25, -0.2) is 4.68 Å². The van der Waals surface area contributed by atoms with Crippen LogP contribution in [-0.4, -0.2) is 104 Å². The van der Waals surface area contributed by atoms with Gasteiger partial charge in [-0.2, -0.15) is 0 Å². The normalized spacial score (nSPS) is 20.9. The van der Waals surface area contributed by atoms with E-state index in [1.54, 1.807) is 12.0 Å². The molecule has 3 aromatic rings. The van der Waals surface area contributed by atoms with Crippen LogP contribution in [0.15, 0.2) is 60.7 Å². The molecule has 2 N–H and O–H groups in total. The molecule has 2 aromatic carbocycles. The van der Waals surface area contributed by atoms with Crippen molar-refractivity contribution in [1.82, 2.24) is 30.5 Å². The van der Waals surface area contributed by atoms with E-state index >= 15 is 0 Å². The zero-order valence-electron chi connectivity index (χ0n) is 40.3. The van der Waals surface area contributed by atoms with E-state index in [4.69, 9.17) is 9.47 Å². The zero-order chi connectivity index (χ0) is 47.3. The molecule has 2 aliphatic carbocycles. The summed E-state index contributed by atoms with van der Waals surface area (Å²) in [6, 6.07) is 16.9. The van der Waals surface area contributed by atoms with E-state index in [0.717, 1.165) is 40.9 Å². The van der Waals surface area contributed by atoms with Crippen molar-refractivity contribution in [3.8, 4) is 22.5 Å². The molecule has 2 fully saturated rings. The molecule has 0 spiro atoms. The second kappa shape index (κ2) is 20.9. The maximum Gasteiger partial charge on any atom is 0.233 e. The molecule has 4 unspecified atom stereocenters. The molecule has 2 bridgehead atoms. The minimum Gasteiger partial charge on any atom is -0.383 e. The summed E-state index contributed by atoms with van der Waals surface area (Å²) in [6.07, 6.45) is 6.78. The van der Waals surface area contributed by atoms with Crippen molar-refractivity contribution in [1.29, 1.82) is 0 Å². The third-order valence-electron chi connectivity index (χ3n) is 15.3. The predicted octanol–water partition coefficient (Wildman–Crippen LogP) is 7.41. The average molecular weight is 922 g/mol. The minimum atomic E-state index is -1.63. The molecule has 14 nitrogen and oxygen atoms in total. The summed E-state index contributed by atoms with van der Waals surface area (Å²) in [5, 5.41) is 15.0. The van der Waals surface area contributed by atoms with Crippen LogP contribution < -0.4 is 15.5 Å². The van der Waals surface area contributed by atoms with Gasteiger partial charge in [0.15, 0.2) is 0 Å². The van der Waals surface area contributed by atoms with Gasteiger partial charge in [-0.1, -0.05) is 132 Å². The third kappa shape index (κ3) is 9.71. The number of nitrogens with one attached hydrogen (secondary N) is 2. The van der Waals surface area contributed by atoms with E-state index < -0.39 is 8.07 Å². The number of hydrogen-bond acceptors (Lipinski definition) is 9. The van der Waals surface area contributed by atoms with Gasteiger partial charge < -0.3 is 25.0 Å². The molecule has 4 atom stereocenters. The summed E-state index contributed by atoms with van der Waals surface area (Å²) in [7, 11) is 0.0164. The molecule has 15 heteroatoms. The highest BCUT2D eigenvalue weighted by Gasteiger charge is 2.63. The summed E-state index contributed by atoms with van der Waals surface area (Å²) in [5.41, 5.74) is 6.35. The van der Waals surface area contributed by atoms with Gasteiger partial charge >= 0.3 is 0 Å². The molecule has 356 valence electrons. The summed E-state index contributed by atoms with van der Waals surface area (Å²) < 4.78 is 12.8. The molecule has 0 radical (unpaired) electrons. The van der Waals surface area contributed by atoms with Crippen molar-refractivity contribution in [2.24, 2.45) is 29.6 Å². The largest absolute Gasteiger partial charge is 0.383 e. The molecule has 1 saturated heterocycles. The molecular weight excluding hydrogens is 851 g/mol. The van der Waals surface area contributed by atoms with E-state index in [-0.39, 0.29) is 105 Å². The highest BCUT2D eigenvalue weighted by atomic mass is 28.3. The second-order valence-electron chi connectivity index (χ2n) is 20.3. The number of rotatable bonds is 21. The Balaban J connectivity index is 0.803. The Hall–Kier alpha value is -4.99. The van der Waals surface area contributed by atoms with Crippen molar-refractivity contribution in [2.45, 2.75) is 116 Å². The van der Waals surface area contributed by atoms with Crippen LogP contribution in [0.2, 0.25) is 22.2 Å². The van der Waals surface area contributed by atoms with Crippen LogP contribution >= 0.6 is 0 Å². The van der Waals surface area contributed by atoms with Crippen molar-refractivity contribution >= 4 is 43.3 Å². The van der Waals surface area contributed by atoms with Crippen LogP contribution in [0.25, 0.3) is 22.5 Å². The molecule has 7 rings (SSSR count). The van der Waals surface area contributed by atoms with Gasteiger partial charge in [-0.15, -0.1) is 5.10 Å². The molecule has 5 amide bonds. The van der Waals surface area contributed by atoms with Gasteiger partial charge in [-0.3, -0.25) is 28.9 Å². The number of benzene rings is 2. The fourth-order valence-electron chi connectivity index (χ4n) is 12.5. The van der Waals surface area contributed by atoms with E-state index in [2.05, 4.69) is 81.6 Å². The maximum atomic E-state index is 13.8. The fraction of sp³-hybridized carbons (Fsp3) is 0.588. The number of anilines is 1. The fourth-order valence-corrected chi connectivity index (χ4v) is 20.0. The number of allylic oxidation sites excluding steroid dienone is 2. The van der Waals surface area contributed by atoms with E-state index in [1.165, 1.54) is 10.9 Å². The number of hydrogen-bond donors (Lipinski definition) is 2. The smallest absolute Gasteiger partial charge is 0.233 e. The Morgan fingerprint density at radius 1 is 0.803 bits per heavy atom. The zero-order valence-corrected chi connectivity index (χ0v) is 41.3. The first-order chi connectivity index (χ1) is 31.6. The van der Waals surface area contributed by atoms with Crippen molar-refractivity contribution in [2.75, 3.05) is 51.5 Å². The van der Waals surface area contributed by atoms with E-state index in [1.807, 2.05) is 53.2 Å². The number of methoxy groups -OCH3 is 1. The van der Waals surface area contributed by atoms with Gasteiger partial charge in [0, 0.05) is 57.1 Å². The molecule has 3 heterocycles. The van der Waals surface area contributed by atoms with Crippen LogP contribution in [0.3, 0.4) is 0 Å². The Labute approximate surface area is 391 Å². The topological polar surface area (TPSA) is 165 Å². The van der Waals surface area contributed by atoms with Gasteiger partial charge in [0.05, 0.1) is 64.2 Å². The Kier molecular flexibility index (Phi) is 15.5. The van der Waals surface area contributed by atoms with Crippen LogP contribution in [-0.2, 0) is 46.5 Å². The number of fused-ring (bicyclic) bond motifs is 10. The lowest BCUT2D eigenvalue weighted by Crippen LogP contribution is -2.49. The Morgan fingerprint density at radius 2 is 1.44 bits per heavy atom. The Bertz CT molecular complexity index is 2240. The molecule has 4 aliphatic rings. The lowest BCUT2D eigenvalue weighted by Gasteiger charge is -2.50. The quantitative estimate of drug-likeness (QED) is 0.0479. The monoisotopic (exact) mass is 922 g/mol. The average Bonchev–Trinajstić information content (AvgIpc) is 4.02. The van der Waals surface area contributed by atoms with Gasteiger partial charge in [0.1, 0.15) is 5.69 Å². The second-order valence-corrected chi connectivity index (χ2v) is 26.7. The number of nitrogens with zero attached hydrogens (tertiary/aromatic N) is 5. The first-order valence-corrected chi connectivity index (χ1v) is 26.5. The molecule has 2 aliphatic heterocycles. The van der Waals surface area contributed by atoms with Crippen molar-refractivity contribution in [3.63, 3.8) is 0 Å². The maximum absolute atomic E-state index is 13.8.